The Morgan fingerprint density at radius 2 is 2.31 bits per heavy atom. The molecule has 4 N–H and O–H groups in total. The molecule has 0 radical (unpaired) electrons. The number of amidine groups is 1. The van der Waals surface area contributed by atoms with Crippen LogP contribution in [0.1, 0.15) is 6.42 Å². The third-order valence-corrected chi connectivity index (χ3v) is 3.44. The molecule has 1 aliphatic heterocycles. The number of hydrogen-bond acceptors (Lipinski definition) is 5. The average molecular weight is 249 g/mol. The number of aliphatic hydroxyl groups is 3. The highest BCUT2D eigenvalue weighted by Gasteiger charge is 2.38. The van der Waals surface area contributed by atoms with E-state index in [0.717, 1.165) is 0 Å². The first-order valence-electron chi connectivity index (χ1n) is 4.93. The third kappa shape index (κ3) is 3.21. The summed E-state index contributed by atoms with van der Waals surface area (Å²) in [5, 5.41) is 31.5. The minimum Gasteiger partial charge on any atom is -0.394 e. The maximum atomic E-state index is 9.58. The van der Waals surface area contributed by atoms with Crippen molar-refractivity contribution in [1.29, 1.82) is 0 Å². The van der Waals surface area contributed by atoms with E-state index in [1.807, 2.05) is 0 Å². The second-order valence-corrected chi connectivity index (χ2v) is 4.56. The summed E-state index contributed by atoms with van der Waals surface area (Å²) in [6.07, 6.45) is -2.42. The van der Waals surface area contributed by atoms with Gasteiger partial charge in [0.05, 0.1) is 19.8 Å². The number of hydrogen-bond donors (Lipinski definition) is 4. The lowest BCUT2D eigenvalue weighted by Gasteiger charge is -2.35. The van der Waals surface area contributed by atoms with Crippen LogP contribution in [0.15, 0.2) is 0 Å². The van der Waals surface area contributed by atoms with Gasteiger partial charge in [0.25, 0.3) is 0 Å². The Balaban J connectivity index is 2.60. The largest absolute Gasteiger partial charge is 0.405 e. The second kappa shape index (κ2) is 6.24. The van der Waals surface area contributed by atoms with Crippen molar-refractivity contribution in [2.24, 2.45) is 0 Å². The molecule has 6 nitrogen and oxygen atoms in total. The van der Waals surface area contributed by atoms with Crippen molar-refractivity contribution in [3.63, 3.8) is 0 Å². The number of rotatable bonds is 2. The van der Waals surface area contributed by atoms with E-state index in [1.54, 1.807) is 7.05 Å². The molecule has 16 heavy (non-hydrogen) atoms. The number of nitrogens with one attached hydrogen (secondary N) is 1. The van der Waals surface area contributed by atoms with Crippen LogP contribution in [-0.2, 0) is 4.74 Å². The van der Waals surface area contributed by atoms with Gasteiger partial charge in [-0.15, -0.1) is 0 Å². The number of ether oxygens (including phenoxy) is 1. The molecular weight excluding hydrogens is 232 g/mol. The molecule has 92 valence electrons. The van der Waals surface area contributed by atoms with Gasteiger partial charge in [-0.1, -0.05) is 0 Å². The van der Waals surface area contributed by atoms with Gasteiger partial charge in [-0.2, -0.15) is 0 Å². The SMILES string of the molecule is C=[N+]=C(NC)SC1CC(O)C(O)C(CO)O1. The molecule has 1 heterocycles. The lowest BCUT2D eigenvalue weighted by atomic mass is 10.0. The highest BCUT2D eigenvalue weighted by molar-refractivity contribution is 8.14. The van der Waals surface area contributed by atoms with E-state index in [1.165, 1.54) is 11.8 Å². The fourth-order valence-electron chi connectivity index (χ4n) is 1.44. The van der Waals surface area contributed by atoms with Crippen LogP contribution in [0.25, 0.3) is 0 Å². The van der Waals surface area contributed by atoms with Crippen molar-refractivity contribution < 1.29 is 20.1 Å². The summed E-state index contributed by atoms with van der Waals surface area (Å²) in [6.45, 7) is 3.06. The molecule has 7 heteroatoms. The summed E-state index contributed by atoms with van der Waals surface area (Å²) >= 11 is 1.26. The van der Waals surface area contributed by atoms with Gasteiger partial charge >= 0.3 is 5.17 Å². The minimum atomic E-state index is -1.04. The van der Waals surface area contributed by atoms with Gasteiger partial charge in [0, 0.05) is 18.2 Å². The van der Waals surface area contributed by atoms with Gasteiger partial charge in [-0.3, -0.25) is 5.32 Å². The average Bonchev–Trinajstić information content (AvgIpc) is 2.30. The van der Waals surface area contributed by atoms with Crippen molar-refractivity contribution in [3.05, 3.63) is 0 Å². The maximum Gasteiger partial charge on any atom is 0.405 e. The van der Waals surface area contributed by atoms with E-state index in [9.17, 15) is 10.2 Å². The molecule has 0 aliphatic carbocycles. The van der Waals surface area contributed by atoms with Crippen LogP contribution in [-0.4, -0.2) is 64.6 Å². The molecule has 0 amide bonds. The smallest absolute Gasteiger partial charge is 0.394 e. The molecule has 1 rings (SSSR count). The Morgan fingerprint density at radius 1 is 1.62 bits per heavy atom. The minimum absolute atomic E-state index is 0.281. The predicted molar refractivity (Wildman–Crippen MR) is 63.3 cm³/mol. The van der Waals surface area contributed by atoms with Gasteiger partial charge in [-0.25, -0.2) is 4.67 Å². The molecule has 4 unspecified atom stereocenters. The molecule has 1 saturated heterocycles. The zero-order chi connectivity index (χ0) is 12.1. The van der Waals surface area contributed by atoms with Gasteiger partial charge < -0.3 is 20.1 Å². The number of thioether (sulfide) groups is 1. The quantitative estimate of drug-likeness (QED) is 0.254. The van der Waals surface area contributed by atoms with E-state index in [4.69, 9.17) is 9.84 Å². The molecule has 0 aromatic carbocycles. The highest BCUT2D eigenvalue weighted by atomic mass is 32.2. The Bertz CT molecular complexity index is 283. The van der Waals surface area contributed by atoms with Crippen molar-refractivity contribution >= 4 is 23.6 Å². The van der Waals surface area contributed by atoms with E-state index in [0.29, 0.717) is 5.17 Å². The monoisotopic (exact) mass is 249 g/mol. The highest BCUT2D eigenvalue weighted by Crippen LogP contribution is 2.27. The second-order valence-electron chi connectivity index (χ2n) is 3.41. The van der Waals surface area contributed by atoms with Crippen LogP contribution in [0.4, 0.5) is 0 Å². The summed E-state index contributed by atoms with van der Waals surface area (Å²) in [5.41, 5.74) is -0.358. The third-order valence-electron chi connectivity index (χ3n) is 2.32. The lowest BCUT2D eigenvalue weighted by Crippen LogP contribution is -2.49. The van der Waals surface area contributed by atoms with Crippen molar-refractivity contribution in [2.45, 2.75) is 30.2 Å². The van der Waals surface area contributed by atoms with E-state index < -0.39 is 18.3 Å². The van der Waals surface area contributed by atoms with Gasteiger partial charge in [0.2, 0.25) is 0 Å². The predicted octanol–water partition coefficient (Wildman–Crippen LogP) is -2.11. The molecule has 0 bridgehead atoms. The Labute approximate surface area is 98.1 Å². The van der Waals surface area contributed by atoms with Crippen molar-refractivity contribution in [1.82, 2.24) is 9.98 Å². The first-order valence-corrected chi connectivity index (χ1v) is 5.80. The molecule has 0 aromatic rings. The number of aliphatic hydroxyl groups excluding tert-OH is 3. The Kier molecular flexibility index (Phi) is 5.27. The fraction of sp³-hybridized carbons (Fsp3) is 0.778. The standard InChI is InChI=1S/C9H16N2O4S/c1-10-9(11-2)16-7-3-5(13)8(14)6(4-12)15-7/h5-8,12-14H,1,3-4H2,2H3/p+1. The zero-order valence-corrected chi connectivity index (χ0v) is 9.85. The summed E-state index contributed by atoms with van der Waals surface area (Å²) in [5.74, 6) is 0. The van der Waals surface area contributed by atoms with Crippen LogP contribution < -0.4 is 9.98 Å². The fourth-order valence-corrected chi connectivity index (χ4v) is 2.38. The van der Waals surface area contributed by atoms with Crippen molar-refractivity contribution in [3.8, 4) is 0 Å². The normalized spacial score (nSPS) is 34.2. The molecule has 4 atom stereocenters. The van der Waals surface area contributed by atoms with Crippen molar-refractivity contribution in [2.75, 3.05) is 13.7 Å². The van der Waals surface area contributed by atoms with Crippen LogP contribution in [0.3, 0.4) is 0 Å². The van der Waals surface area contributed by atoms with E-state index in [-0.39, 0.29) is 18.5 Å². The molecule has 0 aromatic heterocycles. The van der Waals surface area contributed by atoms with Crippen LogP contribution >= 0.6 is 11.8 Å². The summed E-state index contributed by atoms with van der Waals surface area (Å²) in [7, 11) is 1.70. The first kappa shape index (κ1) is 13.5. The summed E-state index contributed by atoms with van der Waals surface area (Å²) in [6, 6.07) is 0. The molecule has 0 spiro atoms. The van der Waals surface area contributed by atoms with E-state index >= 15 is 0 Å². The lowest BCUT2D eigenvalue weighted by molar-refractivity contribution is -0.156. The Morgan fingerprint density at radius 3 is 2.81 bits per heavy atom. The van der Waals surface area contributed by atoms with Crippen LogP contribution in [0.2, 0.25) is 0 Å². The molecule has 1 aliphatic rings. The Hall–Kier alpha value is -0.560. The molecule has 1 fully saturated rings. The van der Waals surface area contributed by atoms with Crippen LogP contribution in [0, 0.1) is 0 Å². The van der Waals surface area contributed by atoms with E-state index in [2.05, 4.69) is 16.7 Å². The molecule has 0 saturated carbocycles. The van der Waals surface area contributed by atoms with Gasteiger partial charge in [0.1, 0.15) is 17.6 Å². The topological polar surface area (TPSA) is 96.1 Å². The summed E-state index contributed by atoms with van der Waals surface area (Å²) < 4.78 is 9.13. The van der Waals surface area contributed by atoms with Gasteiger partial charge in [0.15, 0.2) is 6.72 Å². The number of nitrogens with zero attached hydrogens (tertiary/aromatic N) is 1. The maximum absolute atomic E-state index is 9.58. The summed E-state index contributed by atoms with van der Waals surface area (Å²) in [4.78, 5) is 0. The van der Waals surface area contributed by atoms with Crippen LogP contribution in [0.5, 0.6) is 0 Å². The first-order chi connectivity index (χ1) is 7.62. The molecular formula is C9H17N2O4S+. The zero-order valence-electron chi connectivity index (χ0n) is 9.04. The van der Waals surface area contributed by atoms with Gasteiger partial charge in [-0.05, 0) is 0 Å².